The molecule has 4 N–H and O–H groups in total. The molecule has 1 atom stereocenters. The van der Waals surface area contributed by atoms with E-state index in [9.17, 15) is 4.79 Å². The molecule has 1 rings (SSSR count). The van der Waals surface area contributed by atoms with Gasteiger partial charge in [-0.1, -0.05) is 11.6 Å². The van der Waals surface area contributed by atoms with E-state index in [1.54, 1.807) is 0 Å². The van der Waals surface area contributed by atoms with Crippen LogP contribution in [0.1, 0.15) is 0 Å². The molecule has 12 heavy (non-hydrogen) atoms. The van der Waals surface area contributed by atoms with E-state index in [4.69, 9.17) is 27.8 Å². The summed E-state index contributed by atoms with van der Waals surface area (Å²) in [5.74, 6) is -0.648. The molecular weight excluding hydrogens is 247 g/mol. The van der Waals surface area contributed by atoms with Gasteiger partial charge in [0.05, 0.1) is 10.7 Å². The van der Waals surface area contributed by atoms with E-state index in [2.05, 4.69) is 15.9 Å². The zero-order chi connectivity index (χ0) is 9.30. The standard InChI is InChI=1S/C6H6BrClN2O2/c7-5-2(8)1-3(9)4(12-5)6(10)11/h1,4H,9H2,(H2,10,11). The number of carbonyl (C=O) groups is 1. The second-order valence-corrected chi connectivity index (χ2v) is 3.29. The molecule has 66 valence electrons. The van der Waals surface area contributed by atoms with Gasteiger partial charge in [-0.3, -0.25) is 4.79 Å². The molecule has 4 nitrogen and oxygen atoms in total. The monoisotopic (exact) mass is 252 g/mol. The zero-order valence-corrected chi connectivity index (χ0v) is 8.22. The van der Waals surface area contributed by atoms with Crippen LogP contribution in [0, 0.1) is 0 Å². The lowest BCUT2D eigenvalue weighted by atomic mass is 10.2. The van der Waals surface area contributed by atoms with Crippen LogP contribution >= 0.6 is 27.5 Å². The van der Waals surface area contributed by atoms with Crippen LogP contribution in [0.3, 0.4) is 0 Å². The number of rotatable bonds is 1. The first-order chi connectivity index (χ1) is 5.52. The molecular formula is C6H6BrClN2O2. The highest BCUT2D eigenvalue weighted by molar-refractivity contribution is 9.11. The number of ether oxygens (including phenoxy) is 1. The summed E-state index contributed by atoms with van der Waals surface area (Å²) in [6.45, 7) is 0. The predicted octanol–water partition coefficient (Wildman–Crippen LogP) is 0.516. The summed E-state index contributed by atoms with van der Waals surface area (Å²) < 4.78 is 5.23. The number of carbonyl (C=O) groups excluding carboxylic acids is 1. The van der Waals surface area contributed by atoms with Gasteiger partial charge in [0.25, 0.3) is 5.91 Å². The molecule has 1 unspecified atom stereocenters. The minimum atomic E-state index is -0.929. The van der Waals surface area contributed by atoms with Gasteiger partial charge in [0.1, 0.15) is 0 Å². The van der Waals surface area contributed by atoms with Crippen molar-refractivity contribution in [1.82, 2.24) is 0 Å². The highest BCUT2D eigenvalue weighted by atomic mass is 79.9. The lowest BCUT2D eigenvalue weighted by Gasteiger charge is -2.19. The SMILES string of the molecule is NC(=O)C1OC(Br)=C(Cl)C=C1N. The Morgan fingerprint density at radius 2 is 2.33 bits per heavy atom. The van der Waals surface area contributed by atoms with Gasteiger partial charge in [0, 0.05) is 0 Å². The van der Waals surface area contributed by atoms with Gasteiger partial charge in [0.2, 0.25) is 6.10 Å². The largest absolute Gasteiger partial charge is 0.466 e. The molecule has 1 aliphatic rings. The summed E-state index contributed by atoms with van der Waals surface area (Å²) in [7, 11) is 0. The first-order valence-electron chi connectivity index (χ1n) is 3.00. The lowest BCUT2D eigenvalue weighted by molar-refractivity contribution is -0.124. The highest BCUT2D eigenvalue weighted by Gasteiger charge is 2.25. The number of amides is 1. The molecule has 0 saturated carbocycles. The average molecular weight is 253 g/mol. The fraction of sp³-hybridized carbons (Fsp3) is 0.167. The Balaban J connectivity index is 2.92. The summed E-state index contributed by atoms with van der Waals surface area (Å²) in [6, 6.07) is 0. The molecule has 0 saturated heterocycles. The Bertz CT molecular complexity index is 287. The maximum absolute atomic E-state index is 10.7. The van der Waals surface area contributed by atoms with E-state index >= 15 is 0 Å². The van der Waals surface area contributed by atoms with Crippen LogP contribution in [0.15, 0.2) is 21.5 Å². The summed E-state index contributed by atoms with van der Waals surface area (Å²) in [5.41, 5.74) is 10.6. The van der Waals surface area contributed by atoms with Crippen LogP contribution in [0.25, 0.3) is 0 Å². The van der Waals surface area contributed by atoms with E-state index in [-0.39, 0.29) is 10.4 Å². The molecule has 0 aromatic rings. The van der Waals surface area contributed by atoms with Crippen molar-refractivity contribution in [2.75, 3.05) is 0 Å². The summed E-state index contributed by atoms with van der Waals surface area (Å²) in [4.78, 5) is 10.7. The Kier molecular flexibility index (Phi) is 2.64. The lowest BCUT2D eigenvalue weighted by Crippen LogP contribution is -2.36. The molecule has 0 aliphatic carbocycles. The van der Waals surface area contributed by atoms with Gasteiger partial charge in [-0.05, 0) is 22.0 Å². The van der Waals surface area contributed by atoms with E-state index in [1.165, 1.54) is 6.08 Å². The topological polar surface area (TPSA) is 78.3 Å². The molecule has 0 aromatic carbocycles. The molecule has 6 heteroatoms. The van der Waals surface area contributed by atoms with Crippen molar-refractivity contribution in [2.24, 2.45) is 11.5 Å². The van der Waals surface area contributed by atoms with Crippen LogP contribution in [0.4, 0.5) is 0 Å². The molecule has 1 amide bonds. The zero-order valence-electron chi connectivity index (χ0n) is 5.88. The number of hydrogen-bond acceptors (Lipinski definition) is 3. The second-order valence-electron chi connectivity index (χ2n) is 2.17. The molecule has 1 aliphatic heterocycles. The Morgan fingerprint density at radius 1 is 1.75 bits per heavy atom. The number of halogens is 2. The minimum Gasteiger partial charge on any atom is -0.466 e. The third kappa shape index (κ3) is 1.73. The van der Waals surface area contributed by atoms with Gasteiger partial charge in [0.15, 0.2) is 4.67 Å². The highest BCUT2D eigenvalue weighted by Crippen LogP contribution is 2.26. The van der Waals surface area contributed by atoms with Crippen molar-refractivity contribution in [3.63, 3.8) is 0 Å². The summed E-state index contributed by atoms with van der Waals surface area (Å²) in [6.07, 6.45) is 0.492. The first-order valence-corrected chi connectivity index (χ1v) is 4.17. The van der Waals surface area contributed by atoms with Gasteiger partial charge in [-0.25, -0.2) is 0 Å². The van der Waals surface area contributed by atoms with Crippen LogP contribution in [0.5, 0.6) is 0 Å². The van der Waals surface area contributed by atoms with E-state index in [1.807, 2.05) is 0 Å². The third-order valence-corrected chi connectivity index (χ3v) is 2.39. The van der Waals surface area contributed by atoms with Gasteiger partial charge >= 0.3 is 0 Å². The molecule has 0 bridgehead atoms. The maximum atomic E-state index is 10.7. The average Bonchev–Trinajstić information content (AvgIpc) is 1.96. The van der Waals surface area contributed by atoms with Crippen LogP contribution in [-0.2, 0) is 9.53 Å². The Morgan fingerprint density at radius 3 is 2.83 bits per heavy atom. The predicted molar refractivity (Wildman–Crippen MR) is 48.1 cm³/mol. The Labute approximate surface area is 82.3 Å². The van der Waals surface area contributed by atoms with Gasteiger partial charge < -0.3 is 16.2 Å². The van der Waals surface area contributed by atoms with Gasteiger partial charge in [-0.15, -0.1) is 0 Å². The number of allylic oxidation sites excluding steroid dienone is 2. The van der Waals surface area contributed by atoms with E-state index in [0.717, 1.165) is 0 Å². The molecule has 0 aromatic heterocycles. The minimum absolute atomic E-state index is 0.204. The fourth-order valence-electron chi connectivity index (χ4n) is 0.729. The molecule has 0 spiro atoms. The van der Waals surface area contributed by atoms with Crippen LogP contribution in [-0.4, -0.2) is 12.0 Å². The molecule has 1 heterocycles. The van der Waals surface area contributed by atoms with Crippen molar-refractivity contribution in [2.45, 2.75) is 6.10 Å². The summed E-state index contributed by atoms with van der Waals surface area (Å²) >= 11 is 8.64. The van der Waals surface area contributed by atoms with Gasteiger partial charge in [-0.2, -0.15) is 0 Å². The quantitative estimate of drug-likeness (QED) is 0.715. The van der Waals surface area contributed by atoms with E-state index in [0.29, 0.717) is 5.03 Å². The normalized spacial score (nSPS) is 23.2. The Hall–Kier alpha value is -0.680. The van der Waals surface area contributed by atoms with Crippen molar-refractivity contribution in [1.29, 1.82) is 0 Å². The van der Waals surface area contributed by atoms with E-state index < -0.39 is 12.0 Å². The van der Waals surface area contributed by atoms with Crippen molar-refractivity contribution >= 4 is 33.4 Å². The van der Waals surface area contributed by atoms with Crippen molar-refractivity contribution in [3.8, 4) is 0 Å². The van der Waals surface area contributed by atoms with Crippen LogP contribution in [0.2, 0.25) is 0 Å². The van der Waals surface area contributed by atoms with Crippen LogP contribution < -0.4 is 11.5 Å². The maximum Gasteiger partial charge on any atom is 0.264 e. The fourth-order valence-corrected chi connectivity index (χ4v) is 1.20. The molecule has 0 fully saturated rings. The second kappa shape index (κ2) is 3.37. The van der Waals surface area contributed by atoms with Crippen molar-refractivity contribution < 1.29 is 9.53 Å². The smallest absolute Gasteiger partial charge is 0.264 e. The first kappa shape index (κ1) is 9.41. The van der Waals surface area contributed by atoms with Crippen molar-refractivity contribution in [3.05, 3.63) is 21.5 Å². The number of nitrogens with two attached hydrogens (primary N) is 2. The number of primary amides is 1. The number of hydrogen-bond donors (Lipinski definition) is 2. The third-order valence-electron chi connectivity index (χ3n) is 1.26. The molecule has 0 radical (unpaired) electrons. The summed E-state index contributed by atoms with van der Waals surface area (Å²) in [5, 5.41) is 0.310.